The van der Waals surface area contributed by atoms with Crippen molar-refractivity contribution in [1.29, 1.82) is 0 Å². The summed E-state index contributed by atoms with van der Waals surface area (Å²) in [5, 5.41) is 0. The van der Waals surface area contributed by atoms with Crippen molar-refractivity contribution in [2.24, 2.45) is 11.7 Å². The molecule has 2 N–H and O–H groups in total. The summed E-state index contributed by atoms with van der Waals surface area (Å²) in [6, 6.07) is 6.43. The van der Waals surface area contributed by atoms with Gasteiger partial charge in [0.2, 0.25) is 0 Å². The van der Waals surface area contributed by atoms with E-state index >= 15 is 0 Å². The molecule has 0 spiro atoms. The summed E-state index contributed by atoms with van der Waals surface area (Å²) in [6.07, 6.45) is 7.24. The van der Waals surface area contributed by atoms with Gasteiger partial charge in [-0.3, -0.25) is 9.88 Å². The van der Waals surface area contributed by atoms with E-state index < -0.39 is 0 Å². The third-order valence-corrected chi connectivity index (χ3v) is 4.03. The number of aromatic nitrogens is 1. The molecular weight excluding hydrogens is 222 g/mol. The highest BCUT2D eigenvalue weighted by molar-refractivity contribution is 5.03. The van der Waals surface area contributed by atoms with Crippen LogP contribution in [0.3, 0.4) is 0 Å². The predicted octanol–water partition coefficient (Wildman–Crippen LogP) is 2.42. The minimum atomic E-state index is 0.330. The summed E-state index contributed by atoms with van der Waals surface area (Å²) in [7, 11) is 0. The van der Waals surface area contributed by atoms with Gasteiger partial charge in [-0.2, -0.15) is 0 Å². The highest BCUT2D eigenvalue weighted by Crippen LogP contribution is 2.27. The quantitative estimate of drug-likeness (QED) is 0.839. The zero-order valence-electron chi connectivity index (χ0n) is 11.4. The number of nitrogens with zero attached hydrogens (tertiary/aromatic N) is 2. The Morgan fingerprint density at radius 2 is 2.17 bits per heavy atom. The van der Waals surface area contributed by atoms with Gasteiger partial charge < -0.3 is 5.73 Å². The molecule has 1 unspecified atom stereocenters. The van der Waals surface area contributed by atoms with Crippen LogP contribution in [0.15, 0.2) is 24.4 Å². The lowest BCUT2D eigenvalue weighted by atomic mass is 9.98. The molecule has 100 valence electrons. The van der Waals surface area contributed by atoms with Gasteiger partial charge in [0.05, 0.1) is 5.69 Å². The van der Waals surface area contributed by atoms with E-state index in [1.54, 1.807) is 0 Å². The molecule has 0 radical (unpaired) electrons. The molecule has 1 aromatic rings. The molecular formula is C15H25N3. The summed E-state index contributed by atoms with van der Waals surface area (Å²) in [6.45, 7) is 5.15. The lowest BCUT2D eigenvalue weighted by Crippen LogP contribution is -2.41. The fourth-order valence-electron chi connectivity index (χ4n) is 2.86. The van der Waals surface area contributed by atoms with Crippen molar-refractivity contribution in [3.8, 4) is 0 Å². The molecule has 1 fully saturated rings. The molecule has 1 aromatic heterocycles. The van der Waals surface area contributed by atoms with E-state index in [9.17, 15) is 0 Å². The maximum Gasteiger partial charge on any atom is 0.0543 e. The van der Waals surface area contributed by atoms with Crippen LogP contribution in [0.25, 0.3) is 0 Å². The molecule has 1 atom stereocenters. The van der Waals surface area contributed by atoms with Crippen molar-refractivity contribution in [1.82, 2.24) is 9.88 Å². The number of likely N-dealkylation sites (N-methyl/N-ethyl adjacent to an activating group) is 1. The summed E-state index contributed by atoms with van der Waals surface area (Å²) < 4.78 is 0. The van der Waals surface area contributed by atoms with Crippen LogP contribution in [0.4, 0.5) is 0 Å². The molecule has 3 heteroatoms. The Hall–Kier alpha value is -0.930. The fourth-order valence-corrected chi connectivity index (χ4v) is 2.86. The minimum absolute atomic E-state index is 0.330. The first-order valence-electron chi connectivity index (χ1n) is 7.17. The minimum Gasteiger partial charge on any atom is -0.326 e. The van der Waals surface area contributed by atoms with Crippen LogP contribution in [0.1, 0.15) is 38.3 Å². The van der Waals surface area contributed by atoms with E-state index in [1.807, 2.05) is 18.3 Å². The average molecular weight is 247 g/mol. The monoisotopic (exact) mass is 247 g/mol. The van der Waals surface area contributed by atoms with Crippen LogP contribution in [0, 0.1) is 5.92 Å². The van der Waals surface area contributed by atoms with Crippen LogP contribution in [0.5, 0.6) is 0 Å². The zero-order valence-corrected chi connectivity index (χ0v) is 11.4. The zero-order chi connectivity index (χ0) is 12.8. The topological polar surface area (TPSA) is 42.2 Å². The van der Waals surface area contributed by atoms with E-state index in [0.29, 0.717) is 6.04 Å². The Kier molecular flexibility index (Phi) is 5.14. The normalized spacial score (nSPS) is 18.4. The highest BCUT2D eigenvalue weighted by Gasteiger charge is 2.23. The fraction of sp³-hybridized carbons (Fsp3) is 0.667. The maximum atomic E-state index is 6.35. The lowest BCUT2D eigenvalue weighted by Gasteiger charge is -2.27. The van der Waals surface area contributed by atoms with Crippen molar-refractivity contribution in [2.75, 3.05) is 13.1 Å². The molecule has 0 aromatic carbocycles. The Labute approximate surface area is 110 Å². The van der Waals surface area contributed by atoms with Crippen LogP contribution in [-0.4, -0.2) is 29.0 Å². The molecule has 0 aliphatic heterocycles. The molecule has 1 saturated carbocycles. The maximum absolute atomic E-state index is 6.35. The van der Waals surface area contributed by atoms with Gasteiger partial charge in [0, 0.05) is 25.3 Å². The number of rotatable bonds is 6. The molecule has 0 amide bonds. The third-order valence-electron chi connectivity index (χ3n) is 4.03. The second-order valence-corrected chi connectivity index (χ2v) is 5.36. The van der Waals surface area contributed by atoms with Crippen molar-refractivity contribution in [2.45, 2.75) is 45.2 Å². The molecule has 1 aliphatic carbocycles. The van der Waals surface area contributed by atoms with E-state index in [2.05, 4.69) is 22.9 Å². The Morgan fingerprint density at radius 3 is 2.78 bits per heavy atom. The summed E-state index contributed by atoms with van der Waals surface area (Å²) in [4.78, 5) is 6.80. The van der Waals surface area contributed by atoms with Crippen molar-refractivity contribution < 1.29 is 0 Å². The van der Waals surface area contributed by atoms with Gasteiger partial charge in [0.15, 0.2) is 0 Å². The van der Waals surface area contributed by atoms with Crippen molar-refractivity contribution in [3.05, 3.63) is 30.1 Å². The largest absolute Gasteiger partial charge is 0.326 e. The van der Waals surface area contributed by atoms with E-state index in [-0.39, 0.29) is 0 Å². The Bertz CT molecular complexity index is 333. The van der Waals surface area contributed by atoms with Gasteiger partial charge in [0.25, 0.3) is 0 Å². The SMILES string of the molecule is CCN(Cc1ccccn1)CC(N)C1CCCC1. The molecule has 1 aliphatic rings. The van der Waals surface area contributed by atoms with Gasteiger partial charge in [-0.25, -0.2) is 0 Å². The van der Waals surface area contributed by atoms with Gasteiger partial charge in [-0.1, -0.05) is 25.8 Å². The first kappa shape index (κ1) is 13.5. The van der Waals surface area contributed by atoms with E-state index in [0.717, 1.165) is 31.2 Å². The second-order valence-electron chi connectivity index (χ2n) is 5.36. The summed E-state index contributed by atoms with van der Waals surface area (Å²) in [5.74, 6) is 0.739. The van der Waals surface area contributed by atoms with E-state index in [1.165, 1.54) is 25.7 Å². The average Bonchev–Trinajstić information content (AvgIpc) is 2.93. The van der Waals surface area contributed by atoms with Crippen LogP contribution in [-0.2, 0) is 6.54 Å². The smallest absolute Gasteiger partial charge is 0.0543 e. The van der Waals surface area contributed by atoms with E-state index in [4.69, 9.17) is 5.73 Å². The van der Waals surface area contributed by atoms with Crippen LogP contribution in [0.2, 0.25) is 0 Å². The summed E-state index contributed by atoms with van der Waals surface area (Å²) >= 11 is 0. The molecule has 1 heterocycles. The predicted molar refractivity (Wildman–Crippen MR) is 75.1 cm³/mol. The molecule has 0 saturated heterocycles. The third kappa shape index (κ3) is 3.79. The standard InChI is InChI=1S/C15H25N3/c1-2-18(11-14-9-5-6-10-17-14)12-15(16)13-7-3-4-8-13/h5-6,9-10,13,15H,2-4,7-8,11-12,16H2,1H3. The molecule has 2 rings (SSSR count). The van der Waals surface area contributed by atoms with Crippen molar-refractivity contribution in [3.63, 3.8) is 0 Å². The van der Waals surface area contributed by atoms with Crippen molar-refractivity contribution >= 4 is 0 Å². The van der Waals surface area contributed by atoms with Gasteiger partial charge >= 0.3 is 0 Å². The summed E-state index contributed by atoms with van der Waals surface area (Å²) in [5.41, 5.74) is 7.48. The molecule has 0 bridgehead atoms. The first-order valence-corrected chi connectivity index (χ1v) is 7.17. The number of hydrogen-bond donors (Lipinski definition) is 1. The number of pyridine rings is 1. The molecule has 3 nitrogen and oxygen atoms in total. The Morgan fingerprint density at radius 1 is 1.39 bits per heavy atom. The first-order chi connectivity index (χ1) is 8.79. The second kappa shape index (κ2) is 6.86. The molecule has 18 heavy (non-hydrogen) atoms. The van der Waals surface area contributed by atoms with Gasteiger partial charge in [-0.15, -0.1) is 0 Å². The Balaban J connectivity index is 1.85. The number of hydrogen-bond acceptors (Lipinski definition) is 3. The number of nitrogens with two attached hydrogens (primary N) is 1. The van der Waals surface area contributed by atoms with Gasteiger partial charge in [0.1, 0.15) is 0 Å². The van der Waals surface area contributed by atoms with Crippen LogP contribution < -0.4 is 5.73 Å². The van der Waals surface area contributed by atoms with Crippen LogP contribution >= 0.6 is 0 Å². The van der Waals surface area contributed by atoms with Gasteiger partial charge in [-0.05, 0) is 37.4 Å². The lowest BCUT2D eigenvalue weighted by molar-refractivity contribution is 0.230. The highest BCUT2D eigenvalue weighted by atomic mass is 15.1.